The molecule has 0 bridgehead atoms. The van der Waals surface area contributed by atoms with Crippen molar-refractivity contribution < 1.29 is 23.5 Å². The lowest BCUT2D eigenvalue weighted by atomic mass is 9.87. The smallest absolute Gasteiger partial charge is 0.410 e. The number of H-pyrrole nitrogens is 1. The first-order valence-corrected chi connectivity index (χ1v) is 13.6. The molecule has 0 saturated carbocycles. The molecule has 0 fully saturated rings. The van der Waals surface area contributed by atoms with Gasteiger partial charge in [-0.3, -0.25) is 14.4 Å². The number of nitrogens with one attached hydrogen (secondary N) is 2. The number of hydrogen-bond donors (Lipinski definition) is 2. The second-order valence-corrected chi connectivity index (χ2v) is 11.7. The van der Waals surface area contributed by atoms with E-state index in [1.54, 1.807) is 32.4 Å². The lowest BCUT2D eigenvalue weighted by molar-refractivity contribution is -0.125. The van der Waals surface area contributed by atoms with Gasteiger partial charge in [-0.15, -0.1) is 0 Å². The first-order valence-electron chi connectivity index (χ1n) is 13.6. The Morgan fingerprint density at radius 1 is 1.17 bits per heavy atom. The molecule has 0 spiro atoms. The maximum atomic E-state index is 14.3. The number of pyridine rings is 1. The highest BCUT2D eigenvalue weighted by Gasteiger charge is 2.25. The minimum absolute atomic E-state index is 0.0118. The van der Waals surface area contributed by atoms with E-state index in [2.05, 4.69) is 36.1 Å². The Kier molecular flexibility index (Phi) is 10.3. The van der Waals surface area contributed by atoms with Crippen molar-refractivity contribution in [1.29, 1.82) is 0 Å². The van der Waals surface area contributed by atoms with Gasteiger partial charge in [-0.2, -0.15) is 0 Å². The zero-order chi connectivity index (χ0) is 31.2. The minimum atomic E-state index is -1.21. The SMILES string of the molecule is CN(C)C(=O)/C=C/CC[C@H](OC(=O)N(C)C)C(=O)Nc1cccn(Cc2nc3cc(F)cc(CC(C)(C)C)c3[nH]2)c1=O. The Bertz CT molecular complexity index is 1530. The van der Waals surface area contributed by atoms with E-state index in [0.29, 0.717) is 23.3 Å². The van der Waals surface area contributed by atoms with Gasteiger partial charge in [-0.05, 0) is 54.5 Å². The third kappa shape index (κ3) is 8.76. The van der Waals surface area contributed by atoms with Gasteiger partial charge in [0.25, 0.3) is 11.5 Å². The van der Waals surface area contributed by atoms with Crippen LogP contribution < -0.4 is 10.9 Å². The number of likely N-dealkylation sites (N-methyl/N-ethyl adjacent to an activating group) is 1. The lowest BCUT2D eigenvalue weighted by Crippen LogP contribution is -2.37. The van der Waals surface area contributed by atoms with E-state index in [0.717, 1.165) is 5.56 Å². The van der Waals surface area contributed by atoms with Crippen LogP contribution in [-0.2, 0) is 27.3 Å². The molecular weight excluding hydrogens is 543 g/mol. The molecule has 2 aromatic heterocycles. The molecule has 0 radical (unpaired) electrons. The summed E-state index contributed by atoms with van der Waals surface area (Å²) in [6, 6.07) is 5.89. The summed E-state index contributed by atoms with van der Waals surface area (Å²) in [5.41, 5.74) is 1.39. The molecule has 3 aromatic rings. The number of aromatic amines is 1. The van der Waals surface area contributed by atoms with Crippen LogP contribution in [0.3, 0.4) is 0 Å². The van der Waals surface area contributed by atoms with Crippen LogP contribution in [-0.4, -0.2) is 76.5 Å². The number of carbonyl (C=O) groups excluding carboxylic acids is 3. The normalized spacial score (nSPS) is 12.4. The van der Waals surface area contributed by atoms with Crippen LogP contribution in [0.15, 0.2) is 47.4 Å². The Balaban J connectivity index is 1.80. The third-order valence-electron chi connectivity index (χ3n) is 6.20. The van der Waals surface area contributed by atoms with E-state index in [1.807, 2.05) is 0 Å². The number of aromatic nitrogens is 3. The molecule has 3 amide bonds. The molecule has 11 nitrogen and oxygen atoms in total. The van der Waals surface area contributed by atoms with E-state index < -0.39 is 23.7 Å². The summed E-state index contributed by atoms with van der Waals surface area (Å²) in [7, 11) is 6.21. The van der Waals surface area contributed by atoms with Gasteiger partial charge >= 0.3 is 6.09 Å². The van der Waals surface area contributed by atoms with Crippen LogP contribution in [0.2, 0.25) is 0 Å². The summed E-state index contributed by atoms with van der Waals surface area (Å²) in [6.45, 7) is 6.25. The van der Waals surface area contributed by atoms with Crippen molar-refractivity contribution in [2.24, 2.45) is 5.41 Å². The van der Waals surface area contributed by atoms with Crippen LogP contribution in [0, 0.1) is 11.2 Å². The fourth-order valence-corrected chi connectivity index (χ4v) is 4.17. The van der Waals surface area contributed by atoms with Crippen LogP contribution in [0.4, 0.5) is 14.9 Å². The Hall–Kier alpha value is -4.48. The number of fused-ring (bicyclic) bond motifs is 1. The number of anilines is 1. The van der Waals surface area contributed by atoms with Gasteiger partial charge in [0, 0.05) is 40.5 Å². The highest BCUT2D eigenvalue weighted by atomic mass is 19.1. The van der Waals surface area contributed by atoms with Crippen LogP contribution in [0.5, 0.6) is 0 Å². The van der Waals surface area contributed by atoms with Crippen LogP contribution in [0.25, 0.3) is 11.0 Å². The van der Waals surface area contributed by atoms with Gasteiger partial charge in [0.15, 0.2) is 6.10 Å². The first kappa shape index (κ1) is 32.0. The van der Waals surface area contributed by atoms with E-state index >= 15 is 0 Å². The lowest BCUT2D eigenvalue weighted by Gasteiger charge is -2.19. The van der Waals surface area contributed by atoms with Gasteiger partial charge in [-0.1, -0.05) is 26.8 Å². The molecule has 0 aliphatic rings. The Morgan fingerprint density at radius 2 is 1.88 bits per heavy atom. The van der Waals surface area contributed by atoms with Gasteiger partial charge in [-0.25, -0.2) is 14.2 Å². The molecule has 2 N–H and O–H groups in total. The standard InChI is InChI=1S/C30H39FN6O5/c1-30(2,3)17-19-15-20(31)16-22-26(19)34-24(32-22)18-37-14-10-11-21(28(37)40)33-27(39)23(42-29(41)36(6)7)12-8-9-13-25(38)35(4)5/h9-11,13-16,23H,8,12,17-18H2,1-7H3,(H,32,34)(H,33,39)/b13-9+/t23-/m0/s1. The summed E-state index contributed by atoms with van der Waals surface area (Å²) < 4.78 is 21.0. The number of ether oxygens (including phenoxy) is 1. The molecule has 1 aromatic carbocycles. The predicted molar refractivity (Wildman–Crippen MR) is 159 cm³/mol. The maximum absolute atomic E-state index is 14.3. The summed E-state index contributed by atoms with van der Waals surface area (Å²) in [5, 5.41) is 2.57. The number of allylic oxidation sites excluding steroid dienone is 1. The summed E-state index contributed by atoms with van der Waals surface area (Å²) in [5.74, 6) is -0.830. The van der Waals surface area contributed by atoms with E-state index in [4.69, 9.17) is 4.74 Å². The predicted octanol–water partition coefficient (Wildman–Crippen LogP) is 3.93. The Morgan fingerprint density at radius 3 is 2.52 bits per heavy atom. The number of imidazole rings is 1. The van der Waals surface area contributed by atoms with Crippen molar-refractivity contribution in [2.45, 2.75) is 52.7 Å². The number of benzene rings is 1. The molecule has 0 unspecified atom stereocenters. The van der Waals surface area contributed by atoms with Crippen molar-refractivity contribution in [2.75, 3.05) is 33.5 Å². The second-order valence-electron chi connectivity index (χ2n) is 11.7. The van der Waals surface area contributed by atoms with Crippen molar-refractivity contribution in [3.8, 4) is 0 Å². The number of nitrogens with zero attached hydrogens (tertiary/aromatic N) is 4. The molecule has 1 atom stereocenters. The fourth-order valence-electron chi connectivity index (χ4n) is 4.17. The molecule has 0 saturated heterocycles. The summed E-state index contributed by atoms with van der Waals surface area (Å²) in [4.78, 5) is 60.7. The summed E-state index contributed by atoms with van der Waals surface area (Å²) >= 11 is 0. The molecule has 0 aliphatic carbocycles. The first-order chi connectivity index (χ1) is 19.6. The van der Waals surface area contributed by atoms with Crippen molar-refractivity contribution >= 4 is 34.6 Å². The number of rotatable bonds is 10. The third-order valence-corrected chi connectivity index (χ3v) is 6.20. The number of halogens is 1. The van der Waals surface area contributed by atoms with E-state index in [-0.39, 0.29) is 42.2 Å². The fraction of sp³-hybridized carbons (Fsp3) is 0.433. The largest absolute Gasteiger partial charge is 0.436 e. The maximum Gasteiger partial charge on any atom is 0.410 e. The Labute approximate surface area is 244 Å². The zero-order valence-electron chi connectivity index (χ0n) is 25.2. The molecule has 12 heteroatoms. The quantitative estimate of drug-likeness (QED) is 0.349. The average Bonchev–Trinajstić information content (AvgIpc) is 3.29. The zero-order valence-corrected chi connectivity index (χ0v) is 25.2. The second kappa shape index (κ2) is 13.5. The highest BCUT2D eigenvalue weighted by Crippen LogP contribution is 2.27. The molecule has 3 rings (SSSR count). The number of amides is 3. The van der Waals surface area contributed by atoms with Crippen molar-refractivity contribution in [3.63, 3.8) is 0 Å². The van der Waals surface area contributed by atoms with Crippen LogP contribution in [0.1, 0.15) is 45.0 Å². The molecule has 226 valence electrons. The van der Waals surface area contributed by atoms with Crippen LogP contribution >= 0.6 is 0 Å². The number of carbonyl (C=O) groups is 3. The van der Waals surface area contributed by atoms with Crippen molar-refractivity contribution in [3.05, 3.63) is 70.2 Å². The summed E-state index contributed by atoms with van der Waals surface area (Å²) in [6.07, 6.45) is 3.59. The van der Waals surface area contributed by atoms with Crippen molar-refractivity contribution in [1.82, 2.24) is 24.3 Å². The van der Waals surface area contributed by atoms with Gasteiger partial charge in [0.1, 0.15) is 17.3 Å². The monoisotopic (exact) mass is 582 g/mol. The molecule has 0 aliphatic heterocycles. The minimum Gasteiger partial charge on any atom is -0.436 e. The molecule has 42 heavy (non-hydrogen) atoms. The van der Waals surface area contributed by atoms with Gasteiger partial charge in [0.05, 0.1) is 17.6 Å². The number of hydrogen-bond acceptors (Lipinski definition) is 6. The van der Waals surface area contributed by atoms with Gasteiger partial charge in [0.2, 0.25) is 5.91 Å². The van der Waals surface area contributed by atoms with Gasteiger partial charge < -0.3 is 29.4 Å². The van der Waals surface area contributed by atoms with E-state index in [1.165, 1.54) is 52.7 Å². The molecular formula is C30H39FN6O5. The highest BCUT2D eigenvalue weighted by molar-refractivity contribution is 5.95. The topological polar surface area (TPSA) is 130 Å². The average molecular weight is 583 g/mol. The van der Waals surface area contributed by atoms with E-state index in [9.17, 15) is 23.6 Å². The molecule has 2 heterocycles.